The molecule has 0 N–H and O–H groups in total. The van der Waals surface area contributed by atoms with E-state index in [0.29, 0.717) is 12.7 Å². The summed E-state index contributed by atoms with van der Waals surface area (Å²) in [6, 6.07) is 9.34. The zero-order chi connectivity index (χ0) is 22.4. The lowest BCUT2D eigenvalue weighted by atomic mass is 9.77. The number of hydrogen-bond donors (Lipinski definition) is 0. The number of unbranched alkanes of at least 4 members (excludes halogenated alkanes) is 8. The van der Waals surface area contributed by atoms with Gasteiger partial charge in [0, 0.05) is 0 Å². The molecule has 2 atom stereocenters. The summed E-state index contributed by atoms with van der Waals surface area (Å²) in [6.07, 6.45) is 22.4. The van der Waals surface area contributed by atoms with Crippen LogP contribution in [0.3, 0.4) is 0 Å². The van der Waals surface area contributed by atoms with Crippen molar-refractivity contribution in [3.05, 3.63) is 35.4 Å². The Morgan fingerprint density at radius 1 is 0.625 bits per heavy atom. The number of rotatable bonds is 14. The maximum absolute atomic E-state index is 6.19. The van der Waals surface area contributed by atoms with Crippen molar-refractivity contribution in [3.8, 4) is 0 Å². The molecule has 0 spiro atoms. The fraction of sp³-hybridized carbons (Fsp3) is 0.800. The van der Waals surface area contributed by atoms with Gasteiger partial charge in [-0.3, -0.25) is 0 Å². The van der Waals surface area contributed by atoms with E-state index in [2.05, 4.69) is 38.1 Å². The van der Waals surface area contributed by atoms with E-state index in [4.69, 9.17) is 9.47 Å². The smallest absolute Gasteiger partial charge is 0.106 e. The molecule has 1 aromatic rings. The largest absolute Gasteiger partial charge is 0.373 e. The van der Waals surface area contributed by atoms with E-state index in [0.717, 1.165) is 24.9 Å². The lowest BCUT2D eigenvalue weighted by Gasteiger charge is -2.31. The Balaban J connectivity index is 1.32. The molecule has 1 aliphatic carbocycles. The van der Waals surface area contributed by atoms with E-state index in [1.807, 2.05) is 0 Å². The summed E-state index contributed by atoms with van der Waals surface area (Å²) >= 11 is 0. The van der Waals surface area contributed by atoms with Gasteiger partial charge in [-0.25, -0.2) is 0 Å². The highest BCUT2D eigenvalue weighted by molar-refractivity contribution is 5.27. The molecule has 2 heteroatoms. The zero-order valence-corrected chi connectivity index (χ0v) is 21.2. The van der Waals surface area contributed by atoms with E-state index >= 15 is 0 Å². The summed E-state index contributed by atoms with van der Waals surface area (Å²) in [5.74, 6) is 1.75. The van der Waals surface area contributed by atoms with Crippen LogP contribution in [-0.4, -0.2) is 19.3 Å². The number of benzene rings is 1. The molecule has 0 unspecified atom stereocenters. The third kappa shape index (κ3) is 8.82. The van der Waals surface area contributed by atoms with Gasteiger partial charge in [-0.15, -0.1) is 0 Å². The first-order valence-electron chi connectivity index (χ1n) is 14.1. The molecule has 1 saturated heterocycles. The van der Waals surface area contributed by atoms with Gasteiger partial charge in [-0.2, -0.15) is 0 Å². The Hall–Kier alpha value is -0.860. The van der Waals surface area contributed by atoms with E-state index in [1.165, 1.54) is 107 Å². The predicted octanol–water partition coefficient (Wildman–Crippen LogP) is 9.14. The zero-order valence-electron chi connectivity index (χ0n) is 21.2. The minimum absolute atomic E-state index is 0.115. The highest BCUT2D eigenvalue weighted by atomic mass is 16.6. The highest BCUT2D eigenvalue weighted by Gasteiger charge is 2.25. The molecule has 32 heavy (non-hydrogen) atoms. The molecule has 0 amide bonds. The Morgan fingerprint density at radius 2 is 1.22 bits per heavy atom. The van der Waals surface area contributed by atoms with E-state index < -0.39 is 0 Å². The molecular formula is C30H50O2. The van der Waals surface area contributed by atoms with Gasteiger partial charge in [0.1, 0.15) is 6.10 Å². The lowest BCUT2D eigenvalue weighted by Crippen LogP contribution is -2.31. The monoisotopic (exact) mass is 442 g/mol. The van der Waals surface area contributed by atoms with Crippen molar-refractivity contribution in [2.45, 2.75) is 135 Å². The molecule has 2 fully saturated rings. The Kier molecular flexibility index (Phi) is 12.2. The molecule has 182 valence electrons. The van der Waals surface area contributed by atoms with Crippen LogP contribution in [-0.2, 0) is 9.47 Å². The van der Waals surface area contributed by atoms with Gasteiger partial charge in [-0.05, 0) is 55.1 Å². The van der Waals surface area contributed by atoms with Gasteiger partial charge < -0.3 is 9.47 Å². The summed E-state index contributed by atoms with van der Waals surface area (Å²) in [5, 5.41) is 0. The summed E-state index contributed by atoms with van der Waals surface area (Å²) < 4.78 is 12.3. The van der Waals surface area contributed by atoms with E-state index in [9.17, 15) is 0 Å². The maximum Gasteiger partial charge on any atom is 0.106 e. The SMILES string of the molecule is CCCCCCCC1CCC(c2ccc([C@@H]3CO[C@@H](CCCCCCC)CO3)cc2)CC1. The number of ether oxygens (including phenoxy) is 2. The first-order chi connectivity index (χ1) is 15.8. The third-order valence-corrected chi connectivity index (χ3v) is 7.94. The topological polar surface area (TPSA) is 18.5 Å². The van der Waals surface area contributed by atoms with Crippen molar-refractivity contribution in [2.24, 2.45) is 5.92 Å². The molecule has 2 nitrogen and oxygen atoms in total. The van der Waals surface area contributed by atoms with Crippen LogP contribution in [0.5, 0.6) is 0 Å². The van der Waals surface area contributed by atoms with Crippen LogP contribution >= 0.6 is 0 Å². The fourth-order valence-corrected chi connectivity index (χ4v) is 5.68. The van der Waals surface area contributed by atoms with E-state index in [-0.39, 0.29) is 6.10 Å². The van der Waals surface area contributed by atoms with Crippen molar-refractivity contribution in [2.75, 3.05) is 13.2 Å². The molecule has 1 heterocycles. The Labute approximate surface area is 198 Å². The molecular weight excluding hydrogens is 392 g/mol. The second-order valence-electron chi connectivity index (χ2n) is 10.6. The van der Waals surface area contributed by atoms with Crippen molar-refractivity contribution in [1.29, 1.82) is 0 Å². The van der Waals surface area contributed by atoms with Crippen molar-refractivity contribution in [3.63, 3.8) is 0 Å². The molecule has 0 radical (unpaired) electrons. The Morgan fingerprint density at radius 3 is 1.81 bits per heavy atom. The van der Waals surface area contributed by atoms with Crippen LogP contribution < -0.4 is 0 Å². The van der Waals surface area contributed by atoms with Crippen molar-refractivity contribution < 1.29 is 9.47 Å². The highest BCUT2D eigenvalue weighted by Crippen LogP contribution is 2.38. The Bertz CT molecular complexity index is 526. The normalized spacial score (nSPS) is 26.3. The standard InChI is InChI=1S/C30H50O2/c1-3-5-7-9-11-13-25-15-17-26(18-16-25)27-19-21-28(22-20-27)30-24-31-29(23-32-30)14-12-10-8-6-4-2/h19-22,25-26,29-30H,3-18,23-24H2,1-2H3/t25?,26?,29-,30-/m0/s1. The second-order valence-corrected chi connectivity index (χ2v) is 10.6. The van der Waals surface area contributed by atoms with Crippen molar-refractivity contribution in [1.82, 2.24) is 0 Å². The average Bonchev–Trinajstić information content (AvgIpc) is 2.85. The van der Waals surface area contributed by atoms with E-state index in [1.54, 1.807) is 0 Å². The molecule has 1 saturated carbocycles. The molecule has 1 aliphatic heterocycles. The first-order valence-corrected chi connectivity index (χ1v) is 14.1. The van der Waals surface area contributed by atoms with Gasteiger partial charge in [-0.1, -0.05) is 109 Å². The first kappa shape index (κ1) is 25.8. The summed E-state index contributed by atoms with van der Waals surface area (Å²) in [7, 11) is 0. The van der Waals surface area contributed by atoms with Gasteiger partial charge in [0.05, 0.1) is 19.3 Å². The fourth-order valence-electron chi connectivity index (χ4n) is 5.68. The number of hydrogen-bond acceptors (Lipinski definition) is 2. The van der Waals surface area contributed by atoms with Crippen LogP contribution in [0.1, 0.15) is 140 Å². The summed E-state index contributed by atoms with van der Waals surface area (Å²) in [4.78, 5) is 0. The molecule has 0 aromatic heterocycles. The van der Waals surface area contributed by atoms with Crippen LogP contribution in [0.2, 0.25) is 0 Å². The van der Waals surface area contributed by atoms with Crippen LogP contribution in [0.15, 0.2) is 24.3 Å². The molecule has 1 aromatic carbocycles. The third-order valence-electron chi connectivity index (χ3n) is 7.94. The van der Waals surface area contributed by atoms with Gasteiger partial charge in [0.2, 0.25) is 0 Å². The van der Waals surface area contributed by atoms with Gasteiger partial charge in [0.15, 0.2) is 0 Å². The predicted molar refractivity (Wildman–Crippen MR) is 136 cm³/mol. The van der Waals surface area contributed by atoms with Crippen LogP contribution in [0.25, 0.3) is 0 Å². The minimum atomic E-state index is 0.115. The molecule has 0 bridgehead atoms. The summed E-state index contributed by atoms with van der Waals surface area (Å²) in [5.41, 5.74) is 2.83. The average molecular weight is 443 g/mol. The quantitative estimate of drug-likeness (QED) is 0.267. The van der Waals surface area contributed by atoms with Crippen molar-refractivity contribution >= 4 is 0 Å². The van der Waals surface area contributed by atoms with Crippen LogP contribution in [0, 0.1) is 5.92 Å². The second kappa shape index (κ2) is 15.1. The summed E-state index contributed by atoms with van der Waals surface area (Å²) in [6.45, 7) is 6.04. The van der Waals surface area contributed by atoms with Gasteiger partial charge >= 0.3 is 0 Å². The molecule has 3 rings (SSSR count). The van der Waals surface area contributed by atoms with Gasteiger partial charge in [0.25, 0.3) is 0 Å². The molecule has 2 aliphatic rings. The maximum atomic E-state index is 6.19. The van der Waals surface area contributed by atoms with Crippen LogP contribution in [0.4, 0.5) is 0 Å². The minimum Gasteiger partial charge on any atom is -0.373 e. The lowest BCUT2D eigenvalue weighted by molar-refractivity contribution is -0.137.